The van der Waals surface area contributed by atoms with Gasteiger partial charge in [0.2, 0.25) is 5.45 Å². The largest absolute Gasteiger partial charge is 0.275 e. The molecule has 0 aromatic heterocycles. The Labute approximate surface area is 349 Å². The monoisotopic (exact) mass is 809 g/mol. The molecule has 0 aliphatic heterocycles. The molecule has 8 aromatic carbocycles. The van der Waals surface area contributed by atoms with Crippen LogP contribution in [0.1, 0.15) is 5.56 Å². The third-order valence-electron chi connectivity index (χ3n) is 10.3. The summed E-state index contributed by atoms with van der Waals surface area (Å²) in [7, 11) is -5.47. The first kappa shape index (κ1) is 40.8. The van der Waals surface area contributed by atoms with E-state index in [9.17, 15) is 8.60 Å². The summed E-state index contributed by atoms with van der Waals surface area (Å²) in [5.41, 5.74) is 10.6. The minimum Gasteiger partial charge on any atom is -0.275 e. The molecule has 0 radical (unpaired) electrons. The number of hydrazone groups is 1. The van der Waals surface area contributed by atoms with Crippen molar-refractivity contribution >= 4 is 66.9 Å². The van der Waals surface area contributed by atoms with Gasteiger partial charge in [-0.25, -0.2) is 8.60 Å². The van der Waals surface area contributed by atoms with Crippen molar-refractivity contribution in [2.45, 2.75) is 0 Å². The number of halogens is 1. The van der Waals surface area contributed by atoms with Gasteiger partial charge in [0.1, 0.15) is 22.6 Å². The zero-order valence-corrected chi connectivity index (χ0v) is 34.8. The summed E-state index contributed by atoms with van der Waals surface area (Å²) < 4.78 is 32.3. The summed E-state index contributed by atoms with van der Waals surface area (Å²) in [5.74, 6) is -0.339. The van der Waals surface area contributed by atoms with E-state index in [0.717, 1.165) is 16.3 Å². The van der Waals surface area contributed by atoms with Crippen LogP contribution in [-0.2, 0) is 9.73 Å². The Bertz CT molecular complexity index is 2470. The minimum atomic E-state index is -2.89. The Kier molecular flexibility index (Phi) is 13.1. The van der Waals surface area contributed by atoms with Gasteiger partial charge in [0.15, 0.2) is 0 Å². The minimum absolute atomic E-state index is 0.339. The lowest BCUT2D eigenvalue weighted by Gasteiger charge is -2.44. The molecular formula is C51H46BFN3OPS. The predicted molar refractivity (Wildman–Crippen MR) is 255 cm³/mol. The highest BCUT2D eigenvalue weighted by Crippen LogP contribution is 2.61. The maximum atomic E-state index is 13.9. The van der Waals surface area contributed by atoms with Crippen molar-refractivity contribution in [2.24, 2.45) is 9.23 Å². The van der Waals surface area contributed by atoms with Crippen LogP contribution in [0.25, 0.3) is 0 Å². The van der Waals surface area contributed by atoms with Crippen LogP contribution in [-0.4, -0.2) is 28.3 Å². The number of para-hydroxylation sites is 1. The first-order valence-electron chi connectivity index (χ1n) is 19.5. The highest BCUT2D eigenvalue weighted by molar-refractivity contribution is 8.08. The molecule has 0 aliphatic carbocycles. The van der Waals surface area contributed by atoms with E-state index in [1.807, 2.05) is 91.0 Å². The van der Waals surface area contributed by atoms with Gasteiger partial charge < -0.3 is 0 Å². The molecule has 0 amide bonds. The number of nitrogens with one attached hydrogen (secondary N) is 1. The molecule has 8 aromatic rings. The summed E-state index contributed by atoms with van der Waals surface area (Å²) in [6.45, 7) is 0. The highest BCUT2D eigenvalue weighted by Gasteiger charge is 2.52. The second-order valence-electron chi connectivity index (χ2n) is 14.5. The van der Waals surface area contributed by atoms with Gasteiger partial charge >= 0.3 is 0 Å². The van der Waals surface area contributed by atoms with E-state index in [1.54, 1.807) is 24.6 Å². The van der Waals surface area contributed by atoms with Crippen LogP contribution in [0.5, 0.6) is 0 Å². The Morgan fingerprint density at radius 2 is 0.797 bits per heavy atom. The van der Waals surface area contributed by atoms with E-state index in [-0.39, 0.29) is 5.82 Å². The SMILES string of the molecule is CS(C)(=O)=N[P+](C(=NNc1ccccc1)c1ccc(F)cc1)(c1ccccc1)c1ccccc1.c1ccc([B-](c2ccccc2)(c2ccccc2)c2ccccc2)cc1. The topological polar surface area (TPSA) is 53.8 Å². The molecule has 0 bridgehead atoms. The fraction of sp³-hybridized carbons (Fsp3) is 0.0392. The van der Waals surface area contributed by atoms with Crippen molar-refractivity contribution in [1.29, 1.82) is 0 Å². The van der Waals surface area contributed by atoms with Crippen LogP contribution < -0.4 is 37.9 Å². The molecule has 8 rings (SSSR count). The Morgan fingerprint density at radius 1 is 0.475 bits per heavy atom. The average molecular weight is 810 g/mol. The summed E-state index contributed by atoms with van der Waals surface area (Å²) >= 11 is 0. The zero-order chi connectivity index (χ0) is 41.0. The summed E-state index contributed by atoms with van der Waals surface area (Å²) in [5, 5.41) is 6.70. The lowest BCUT2D eigenvalue weighted by Crippen LogP contribution is -2.74. The smallest absolute Gasteiger partial charge is 0.261 e. The second kappa shape index (κ2) is 18.9. The van der Waals surface area contributed by atoms with E-state index in [2.05, 4.69) is 127 Å². The number of rotatable bonds is 11. The van der Waals surface area contributed by atoms with Crippen LogP contribution >= 0.6 is 7.41 Å². The summed E-state index contributed by atoms with van der Waals surface area (Å²) in [4.78, 5) is 0. The quantitative estimate of drug-likeness (QED) is 0.0615. The van der Waals surface area contributed by atoms with Crippen LogP contribution in [0.4, 0.5) is 10.1 Å². The molecular weight excluding hydrogens is 763 g/mol. The van der Waals surface area contributed by atoms with Crippen molar-refractivity contribution in [3.8, 4) is 0 Å². The molecule has 0 saturated heterocycles. The van der Waals surface area contributed by atoms with Crippen LogP contribution in [0.2, 0.25) is 0 Å². The Balaban J connectivity index is 0.000000187. The van der Waals surface area contributed by atoms with Crippen molar-refractivity contribution in [3.05, 3.63) is 248 Å². The van der Waals surface area contributed by atoms with E-state index < -0.39 is 23.3 Å². The van der Waals surface area contributed by atoms with Gasteiger partial charge in [-0.1, -0.05) is 180 Å². The Hall–Kier alpha value is -6.40. The van der Waals surface area contributed by atoms with Gasteiger partial charge in [-0.3, -0.25) is 5.43 Å². The van der Waals surface area contributed by atoms with E-state index in [0.29, 0.717) is 11.0 Å². The average Bonchev–Trinajstić information content (AvgIpc) is 3.29. The first-order valence-corrected chi connectivity index (χ1v) is 23.6. The van der Waals surface area contributed by atoms with Crippen LogP contribution in [0.15, 0.2) is 246 Å². The van der Waals surface area contributed by atoms with E-state index >= 15 is 0 Å². The molecule has 0 spiro atoms. The van der Waals surface area contributed by atoms with Gasteiger partial charge in [-0.15, -0.1) is 5.10 Å². The van der Waals surface area contributed by atoms with E-state index in [1.165, 1.54) is 34.0 Å². The van der Waals surface area contributed by atoms with Crippen molar-refractivity contribution in [1.82, 2.24) is 0 Å². The normalized spacial score (nSPS) is 11.8. The first-order chi connectivity index (χ1) is 28.8. The molecule has 0 fully saturated rings. The highest BCUT2D eigenvalue weighted by atomic mass is 32.2. The van der Waals surface area contributed by atoms with Gasteiger partial charge in [-0.05, 0) is 60.7 Å². The summed E-state index contributed by atoms with van der Waals surface area (Å²) in [6, 6.07) is 79.0. The number of nitrogens with zero attached hydrogens (tertiary/aromatic N) is 2. The van der Waals surface area contributed by atoms with Crippen molar-refractivity contribution < 1.29 is 8.60 Å². The number of hydrogen-bond donors (Lipinski definition) is 1. The van der Waals surface area contributed by atoms with Gasteiger partial charge in [0, 0.05) is 18.1 Å². The predicted octanol–water partition coefficient (Wildman–Crippen LogP) is 8.97. The summed E-state index contributed by atoms with van der Waals surface area (Å²) in [6.07, 6.45) is 2.06. The lowest BCUT2D eigenvalue weighted by molar-refractivity contribution is 0.628. The maximum Gasteiger partial charge on any atom is 0.261 e. The van der Waals surface area contributed by atoms with Gasteiger partial charge in [0.25, 0.3) is 7.41 Å². The zero-order valence-electron chi connectivity index (χ0n) is 33.1. The molecule has 0 unspecified atom stereocenters. The molecule has 0 aliphatic rings. The number of benzene rings is 8. The standard InChI is InChI=1S/C27H26FN3OPS.C24H20B/c1-34(2,32)31-33(25-14-8-4-9-15-25,26-16-10-5-11-17-26)27(22-18-20-23(28)21-19-22)30-29-24-12-6-3-7-13-24;1-5-13-21(14-6-1)25(22-15-7-2-8-16-22,23-17-9-3-10-18-23)24-19-11-4-12-20-24/h3-21,29H,1-2H3;1-20H/q+1;-1. The van der Waals surface area contributed by atoms with Crippen LogP contribution in [0, 0.1) is 5.82 Å². The van der Waals surface area contributed by atoms with Crippen LogP contribution in [0.3, 0.4) is 0 Å². The molecule has 0 heterocycles. The van der Waals surface area contributed by atoms with Crippen molar-refractivity contribution in [3.63, 3.8) is 0 Å². The molecule has 8 heteroatoms. The van der Waals surface area contributed by atoms with Gasteiger partial charge in [0.05, 0.1) is 15.4 Å². The molecule has 0 saturated carbocycles. The van der Waals surface area contributed by atoms with Gasteiger partial charge in [-0.2, -0.15) is 21.9 Å². The molecule has 59 heavy (non-hydrogen) atoms. The molecule has 292 valence electrons. The van der Waals surface area contributed by atoms with Crippen molar-refractivity contribution in [2.75, 3.05) is 17.9 Å². The fourth-order valence-corrected chi connectivity index (χ4v) is 13.9. The maximum absolute atomic E-state index is 13.9. The fourth-order valence-electron chi connectivity index (χ4n) is 7.78. The molecule has 1 N–H and O–H groups in total. The number of hydrogen-bond acceptors (Lipinski definition) is 4. The third kappa shape index (κ3) is 9.34. The molecule has 0 atom stereocenters. The lowest BCUT2D eigenvalue weighted by atomic mass is 9.13. The second-order valence-corrected chi connectivity index (χ2v) is 20.2. The number of anilines is 1. The molecule has 4 nitrogen and oxygen atoms in total. The van der Waals surface area contributed by atoms with E-state index in [4.69, 9.17) is 9.23 Å². The Morgan fingerprint density at radius 3 is 1.14 bits per heavy atom. The third-order valence-corrected chi connectivity index (χ3v) is 15.9.